The van der Waals surface area contributed by atoms with Crippen LogP contribution in [0.25, 0.3) is 0 Å². The molecule has 0 aromatic heterocycles. The van der Waals surface area contributed by atoms with Gasteiger partial charge in [0.05, 0.1) is 22.9 Å². The second-order valence-corrected chi connectivity index (χ2v) is 6.23. The topological polar surface area (TPSA) is 32.8 Å². The monoisotopic (exact) mass is 308 g/mol. The van der Waals surface area contributed by atoms with Gasteiger partial charge in [-0.25, -0.2) is 0 Å². The van der Waals surface area contributed by atoms with Crippen LogP contribution >= 0.6 is 11.6 Å². The van der Waals surface area contributed by atoms with E-state index in [-0.39, 0.29) is 18.1 Å². The number of nitrogens with zero attached hydrogens (tertiary/aromatic N) is 2. The van der Waals surface area contributed by atoms with Crippen LogP contribution in [-0.4, -0.2) is 49.7 Å². The summed E-state index contributed by atoms with van der Waals surface area (Å²) in [5.74, 6) is 0.142. The predicted octanol–water partition coefficient (Wildman–Crippen LogP) is 2.56. The lowest BCUT2D eigenvalue weighted by Gasteiger charge is -2.26. The highest BCUT2D eigenvalue weighted by atomic mass is 35.5. The lowest BCUT2D eigenvalue weighted by Crippen LogP contribution is -2.43. The summed E-state index contributed by atoms with van der Waals surface area (Å²) in [6.07, 6.45) is 3.34. The Balaban J connectivity index is 1.67. The summed E-state index contributed by atoms with van der Waals surface area (Å²) >= 11 is 6.21. The quantitative estimate of drug-likeness (QED) is 0.857. The van der Waals surface area contributed by atoms with Crippen LogP contribution in [0.1, 0.15) is 19.3 Å². The third-order valence-corrected chi connectivity index (χ3v) is 4.69. The number of carbonyl (C=O) groups excluding carboxylic acids is 1. The molecular weight excluding hydrogens is 288 g/mol. The molecule has 1 aromatic rings. The molecule has 0 aliphatic carbocycles. The molecule has 4 nitrogen and oxygen atoms in total. The van der Waals surface area contributed by atoms with Crippen LogP contribution in [0, 0.1) is 0 Å². The maximum atomic E-state index is 12.7. The minimum atomic E-state index is -0.0644. The summed E-state index contributed by atoms with van der Waals surface area (Å²) in [4.78, 5) is 16.6. The van der Waals surface area contributed by atoms with Gasteiger partial charge in [-0.05, 0) is 38.4 Å². The zero-order valence-electron chi connectivity index (χ0n) is 12.3. The van der Waals surface area contributed by atoms with Gasteiger partial charge in [-0.15, -0.1) is 0 Å². The highest BCUT2D eigenvalue weighted by Crippen LogP contribution is 2.30. The maximum absolute atomic E-state index is 12.7. The lowest BCUT2D eigenvalue weighted by molar-refractivity contribution is -0.121. The van der Waals surface area contributed by atoms with Crippen molar-refractivity contribution in [3.8, 4) is 0 Å². The van der Waals surface area contributed by atoms with Crippen molar-refractivity contribution < 1.29 is 9.53 Å². The molecule has 1 amide bonds. The molecular formula is C16H21ClN2O2. The SMILES string of the molecule is CN(C[C@H]1CCCO1)[C@H]1CCN(c2ccccc2Cl)C1=O. The van der Waals surface area contributed by atoms with Crippen molar-refractivity contribution in [3.05, 3.63) is 29.3 Å². The third-order valence-electron chi connectivity index (χ3n) is 4.37. The second-order valence-electron chi connectivity index (χ2n) is 5.82. The van der Waals surface area contributed by atoms with E-state index in [0.717, 1.165) is 44.6 Å². The Kier molecular flexibility index (Phi) is 4.48. The van der Waals surface area contributed by atoms with Crippen LogP contribution in [0.3, 0.4) is 0 Å². The Bertz CT molecular complexity index is 517. The molecule has 0 saturated carbocycles. The first kappa shape index (κ1) is 14.8. The molecule has 2 heterocycles. The van der Waals surface area contributed by atoms with E-state index in [0.29, 0.717) is 5.02 Å². The number of rotatable bonds is 4. The molecule has 2 atom stereocenters. The molecule has 2 fully saturated rings. The van der Waals surface area contributed by atoms with Crippen molar-refractivity contribution in [2.24, 2.45) is 0 Å². The van der Waals surface area contributed by atoms with Crippen LogP contribution in [0.15, 0.2) is 24.3 Å². The van der Waals surface area contributed by atoms with E-state index in [1.165, 1.54) is 0 Å². The summed E-state index contributed by atoms with van der Waals surface area (Å²) in [6.45, 7) is 2.40. The first-order valence-electron chi connectivity index (χ1n) is 7.54. The van der Waals surface area contributed by atoms with Gasteiger partial charge in [-0.2, -0.15) is 0 Å². The van der Waals surface area contributed by atoms with Gasteiger partial charge in [0.2, 0.25) is 5.91 Å². The Morgan fingerprint density at radius 3 is 2.90 bits per heavy atom. The smallest absolute Gasteiger partial charge is 0.244 e. The number of anilines is 1. The number of para-hydroxylation sites is 1. The van der Waals surface area contributed by atoms with E-state index in [2.05, 4.69) is 4.90 Å². The number of ether oxygens (including phenoxy) is 1. The van der Waals surface area contributed by atoms with Crippen molar-refractivity contribution in [2.75, 3.05) is 31.6 Å². The molecule has 1 aromatic carbocycles. The van der Waals surface area contributed by atoms with Crippen molar-refractivity contribution in [1.29, 1.82) is 0 Å². The molecule has 2 aliphatic rings. The van der Waals surface area contributed by atoms with Crippen LogP contribution in [0.5, 0.6) is 0 Å². The molecule has 2 saturated heterocycles. The van der Waals surface area contributed by atoms with Gasteiger partial charge >= 0.3 is 0 Å². The number of likely N-dealkylation sites (N-methyl/N-ethyl adjacent to an activating group) is 1. The van der Waals surface area contributed by atoms with Gasteiger partial charge in [0.1, 0.15) is 0 Å². The van der Waals surface area contributed by atoms with E-state index in [4.69, 9.17) is 16.3 Å². The van der Waals surface area contributed by atoms with Crippen LogP contribution < -0.4 is 4.90 Å². The van der Waals surface area contributed by atoms with Crippen molar-refractivity contribution in [2.45, 2.75) is 31.4 Å². The van der Waals surface area contributed by atoms with Gasteiger partial charge in [0, 0.05) is 19.7 Å². The molecule has 0 bridgehead atoms. The lowest BCUT2D eigenvalue weighted by atomic mass is 10.2. The maximum Gasteiger partial charge on any atom is 0.244 e. The zero-order valence-corrected chi connectivity index (χ0v) is 13.1. The number of carbonyl (C=O) groups is 1. The predicted molar refractivity (Wildman–Crippen MR) is 83.8 cm³/mol. The van der Waals surface area contributed by atoms with Crippen LogP contribution in [0.2, 0.25) is 5.02 Å². The molecule has 114 valence electrons. The number of amides is 1. The minimum absolute atomic E-state index is 0.0644. The molecule has 2 aliphatic heterocycles. The van der Waals surface area contributed by atoms with Crippen molar-refractivity contribution in [3.63, 3.8) is 0 Å². The van der Waals surface area contributed by atoms with Gasteiger partial charge in [-0.1, -0.05) is 23.7 Å². The summed E-state index contributed by atoms with van der Waals surface area (Å²) < 4.78 is 5.66. The minimum Gasteiger partial charge on any atom is -0.377 e. The average molecular weight is 309 g/mol. The average Bonchev–Trinajstić information content (AvgIpc) is 3.09. The summed E-state index contributed by atoms with van der Waals surface area (Å²) in [5, 5.41) is 0.633. The van der Waals surface area contributed by atoms with Crippen LogP contribution in [0.4, 0.5) is 5.69 Å². The number of benzene rings is 1. The zero-order chi connectivity index (χ0) is 14.8. The highest BCUT2D eigenvalue weighted by molar-refractivity contribution is 6.33. The van der Waals surface area contributed by atoms with E-state index in [9.17, 15) is 4.79 Å². The van der Waals surface area contributed by atoms with Crippen LogP contribution in [-0.2, 0) is 9.53 Å². The fraction of sp³-hybridized carbons (Fsp3) is 0.562. The molecule has 3 rings (SSSR count). The second kappa shape index (κ2) is 6.34. The number of hydrogen-bond acceptors (Lipinski definition) is 3. The Morgan fingerprint density at radius 1 is 1.38 bits per heavy atom. The molecule has 5 heteroatoms. The van der Waals surface area contributed by atoms with Crippen molar-refractivity contribution in [1.82, 2.24) is 4.90 Å². The summed E-state index contributed by atoms with van der Waals surface area (Å²) in [5.41, 5.74) is 0.817. The molecule has 0 N–H and O–H groups in total. The fourth-order valence-corrected chi connectivity index (χ4v) is 3.46. The summed E-state index contributed by atoms with van der Waals surface area (Å²) in [7, 11) is 2.01. The molecule has 0 unspecified atom stereocenters. The molecule has 0 spiro atoms. The number of hydrogen-bond donors (Lipinski definition) is 0. The normalized spacial score (nSPS) is 26.0. The first-order chi connectivity index (χ1) is 10.2. The van der Waals surface area contributed by atoms with E-state index in [1.807, 2.05) is 31.3 Å². The number of halogens is 1. The molecule has 0 radical (unpaired) electrons. The fourth-order valence-electron chi connectivity index (χ4n) is 3.22. The van der Waals surface area contributed by atoms with E-state index in [1.54, 1.807) is 4.90 Å². The van der Waals surface area contributed by atoms with Gasteiger partial charge in [-0.3, -0.25) is 9.69 Å². The Hall–Kier alpha value is -1.10. The van der Waals surface area contributed by atoms with Gasteiger partial charge in [0.15, 0.2) is 0 Å². The van der Waals surface area contributed by atoms with Gasteiger partial charge < -0.3 is 9.64 Å². The highest BCUT2D eigenvalue weighted by Gasteiger charge is 2.36. The van der Waals surface area contributed by atoms with Gasteiger partial charge in [0.25, 0.3) is 0 Å². The standard InChI is InChI=1S/C16H21ClN2O2/c1-18(11-12-5-4-10-21-12)15-8-9-19(16(15)20)14-7-3-2-6-13(14)17/h2-3,6-7,12,15H,4-5,8-11H2,1H3/t12-,15+/m1/s1. The Morgan fingerprint density at radius 2 is 2.19 bits per heavy atom. The van der Waals surface area contributed by atoms with Crippen molar-refractivity contribution >= 4 is 23.2 Å². The van der Waals surface area contributed by atoms with E-state index >= 15 is 0 Å². The summed E-state index contributed by atoms with van der Waals surface area (Å²) in [6, 6.07) is 7.46. The third kappa shape index (κ3) is 3.07. The largest absolute Gasteiger partial charge is 0.377 e. The molecule has 21 heavy (non-hydrogen) atoms. The van der Waals surface area contributed by atoms with E-state index < -0.39 is 0 Å². The Labute approximate surface area is 130 Å². The first-order valence-corrected chi connectivity index (χ1v) is 7.92.